The van der Waals surface area contributed by atoms with Crippen LogP contribution in [0.1, 0.15) is 10.4 Å². The van der Waals surface area contributed by atoms with E-state index in [2.05, 4.69) is 15.4 Å². The molecule has 0 spiro atoms. The Labute approximate surface area is 109 Å². The molecule has 2 heterocycles. The largest absolute Gasteiger partial charge is 0.478 e. The molecule has 0 saturated carbocycles. The van der Waals surface area contributed by atoms with Crippen molar-refractivity contribution in [3.8, 4) is 0 Å². The Kier molecular flexibility index (Phi) is 4.09. The Morgan fingerprint density at radius 1 is 1.47 bits per heavy atom. The molecule has 19 heavy (non-hydrogen) atoms. The van der Waals surface area contributed by atoms with Crippen molar-refractivity contribution in [2.24, 2.45) is 0 Å². The lowest BCUT2D eigenvalue weighted by atomic mass is 10.3. The molecule has 2 aromatic rings. The van der Waals surface area contributed by atoms with Crippen LogP contribution >= 0.6 is 0 Å². The standard InChI is InChI=1S/C12H14N4O3/c1-19-5-4-16-8-10(7-14-16)15-11-3-2-9(6-13-11)12(17)18/h2-3,6-8H,4-5H2,1H3,(H,13,15)(H,17,18). The molecule has 0 aliphatic carbocycles. The zero-order valence-corrected chi connectivity index (χ0v) is 10.4. The van der Waals surface area contributed by atoms with Crippen LogP contribution < -0.4 is 5.32 Å². The summed E-state index contributed by atoms with van der Waals surface area (Å²) < 4.78 is 6.71. The Balaban J connectivity index is 2.00. The number of carboxylic acids is 1. The molecule has 2 N–H and O–H groups in total. The maximum Gasteiger partial charge on any atom is 0.337 e. The van der Waals surface area contributed by atoms with Crippen LogP contribution in [-0.2, 0) is 11.3 Å². The molecular weight excluding hydrogens is 248 g/mol. The van der Waals surface area contributed by atoms with Gasteiger partial charge in [0.2, 0.25) is 0 Å². The molecule has 0 aliphatic rings. The predicted octanol–water partition coefficient (Wildman–Crippen LogP) is 1.37. The number of aromatic carboxylic acids is 1. The lowest BCUT2D eigenvalue weighted by Gasteiger charge is -2.02. The molecule has 0 aromatic carbocycles. The van der Waals surface area contributed by atoms with Crippen molar-refractivity contribution < 1.29 is 14.6 Å². The molecule has 0 bridgehead atoms. The molecular formula is C12H14N4O3. The number of anilines is 2. The van der Waals surface area contributed by atoms with Gasteiger partial charge < -0.3 is 15.2 Å². The van der Waals surface area contributed by atoms with E-state index in [0.29, 0.717) is 19.0 Å². The third-order valence-corrected chi connectivity index (χ3v) is 2.44. The van der Waals surface area contributed by atoms with Gasteiger partial charge >= 0.3 is 5.97 Å². The highest BCUT2D eigenvalue weighted by molar-refractivity contribution is 5.87. The lowest BCUT2D eigenvalue weighted by molar-refractivity contribution is 0.0696. The summed E-state index contributed by atoms with van der Waals surface area (Å²) in [5.41, 5.74) is 0.938. The number of hydrogen-bond acceptors (Lipinski definition) is 5. The van der Waals surface area contributed by atoms with Gasteiger partial charge in [-0.3, -0.25) is 4.68 Å². The monoisotopic (exact) mass is 262 g/mol. The van der Waals surface area contributed by atoms with Crippen LogP contribution in [0.4, 0.5) is 11.5 Å². The normalized spacial score (nSPS) is 10.4. The summed E-state index contributed by atoms with van der Waals surface area (Å²) in [5.74, 6) is -0.428. The van der Waals surface area contributed by atoms with E-state index in [0.717, 1.165) is 5.69 Å². The van der Waals surface area contributed by atoms with E-state index in [1.165, 1.54) is 12.3 Å². The van der Waals surface area contributed by atoms with Crippen molar-refractivity contribution in [3.05, 3.63) is 36.3 Å². The fourth-order valence-corrected chi connectivity index (χ4v) is 1.48. The highest BCUT2D eigenvalue weighted by Gasteiger charge is 2.04. The second kappa shape index (κ2) is 5.96. The Bertz CT molecular complexity index is 550. The Hall–Kier alpha value is -2.41. The smallest absolute Gasteiger partial charge is 0.337 e. The second-order valence-electron chi connectivity index (χ2n) is 3.85. The predicted molar refractivity (Wildman–Crippen MR) is 68.6 cm³/mol. The molecule has 0 amide bonds. The van der Waals surface area contributed by atoms with Crippen LogP contribution in [0, 0.1) is 0 Å². The zero-order valence-electron chi connectivity index (χ0n) is 10.4. The number of rotatable bonds is 6. The molecule has 0 unspecified atom stereocenters. The topological polar surface area (TPSA) is 89.3 Å². The van der Waals surface area contributed by atoms with Crippen LogP contribution in [0.3, 0.4) is 0 Å². The summed E-state index contributed by atoms with van der Waals surface area (Å²) in [7, 11) is 1.64. The van der Waals surface area contributed by atoms with Crippen molar-refractivity contribution >= 4 is 17.5 Å². The van der Waals surface area contributed by atoms with Gasteiger partial charge in [-0.15, -0.1) is 0 Å². The van der Waals surface area contributed by atoms with Crippen LogP contribution in [0.5, 0.6) is 0 Å². The van der Waals surface area contributed by atoms with Gasteiger partial charge in [-0.25, -0.2) is 9.78 Å². The number of aromatic nitrogens is 3. The molecule has 7 heteroatoms. The number of nitrogens with zero attached hydrogens (tertiary/aromatic N) is 3. The quantitative estimate of drug-likeness (QED) is 0.817. The number of methoxy groups -OCH3 is 1. The summed E-state index contributed by atoms with van der Waals surface area (Å²) in [6.45, 7) is 1.26. The summed E-state index contributed by atoms with van der Waals surface area (Å²) in [6, 6.07) is 3.10. The van der Waals surface area contributed by atoms with E-state index < -0.39 is 5.97 Å². The number of hydrogen-bond donors (Lipinski definition) is 2. The first-order valence-corrected chi connectivity index (χ1v) is 5.67. The fraction of sp³-hybridized carbons (Fsp3) is 0.250. The number of nitrogens with one attached hydrogen (secondary N) is 1. The number of ether oxygens (including phenoxy) is 1. The van der Waals surface area contributed by atoms with Gasteiger partial charge in [-0.05, 0) is 12.1 Å². The minimum atomic E-state index is -0.994. The molecule has 7 nitrogen and oxygen atoms in total. The van der Waals surface area contributed by atoms with Crippen molar-refractivity contribution in [1.82, 2.24) is 14.8 Å². The first-order chi connectivity index (χ1) is 9.19. The molecule has 2 rings (SSSR count). The third kappa shape index (κ3) is 3.52. The van der Waals surface area contributed by atoms with E-state index in [1.807, 2.05) is 6.20 Å². The SMILES string of the molecule is COCCn1cc(Nc2ccc(C(=O)O)cn2)cn1. The average Bonchev–Trinajstić information content (AvgIpc) is 2.84. The van der Waals surface area contributed by atoms with Gasteiger partial charge in [0.1, 0.15) is 5.82 Å². The maximum absolute atomic E-state index is 10.7. The van der Waals surface area contributed by atoms with Crippen LogP contribution in [0.25, 0.3) is 0 Å². The van der Waals surface area contributed by atoms with E-state index in [4.69, 9.17) is 9.84 Å². The summed E-state index contributed by atoms with van der Waals surface area (Å²) in [4.78, 5) is 14.7. The Morgan fingerprint density at radius 3 is 2.95 bits per heavy atom. The van der Waals surface area contributed by atoms with E-state index in [9.17, 15) is 4.79 Å². The molecule has 0 atom stereocenters. The van der Waals surface area contributed by atoms with Crippen LogP contribution in [-0.4, -0.2) is 39.6 Å². The summed E-state index contributed by atoms with van der Waals surface area (Å²) >= 11 is 0. The third-order valence-electron chi connectivity index (χ3n) is 2.44. The molecule has 0 radical (unpaired) electrons. The van der Waals surface area contributed by atoms with Crippen molar-refractivity contribution in [2.45, 2.75) is 6.54 Å². The first-order valence-electron chi connectivity index (χ1n) is 5.67. The highest BCUT2D eigenvalue weighted by Crippen LogP contribution is 2.13. The molecule has 0 aliphatic heterocycles. The van der Waals surface area contributed by atoms with Gasteiger partial charge in [-0.2, -0.15) is 5.10 Å². The summed E-state index contributed by atoms with van der Waals surface area (Å²) in [6.07, 6.45) is 4.80. The first kappa shape index (κ1) is 13.0. The van der Waals surface area contributed by atoms with E-state index >= 15 is 0 Å². The summed E-state index contributed by atoms with van der Waals surface area (Å²) in [5, 5.41) is 16.0. The Morgan fingerprint density at radius 2 is 2.32 bits per heavy atom. The minimum Gasteiger partial charge on any atom is -0.478 e. The fourth-order valence-electron chi connectivity index (χ4n) is 1.48. The van der Waals surface area contributed by atoms with Gasteiger partial charge in [-0.1, -0.05) is 0 Å². The van der Waals surface area contributed by atoms with Crippen molar-refractivity contribution in [1.29, 1.82) is 0 Å². The van der Waals surface area contributed by atoms with Gasteiger partial charge in [0, 0.05) is 19.5 Å². The van der Waals surface area contributed by atoms with Crippen LogP contribution in [0.2, 0.25) is 0 Å². The lowest BCUT2D eigenvalue weighted by Crippen LogP contribution is -2.04. The maximum atomic E-state index is 10.7. The molecule has 2 aromatic heterocycles. The van der Waals surface area contributed by atoms with Crippen molar-refractivity contribution in [2.75, 3.05) is 19.0 Å². The van der Waals surface area contributed by atoms with E-state index in [-0.39, 0.29) is 5.56 Å². The van der Waals surface area contributed by atoms with E-state index in [1.54, 1.807) is 24.1 Å². The zero-order chi connectivity index (χ0) is 13.7. The highest BCUT2D eigenvalue weighted by atomic mass is 16.5. The van der Waals surface area contributed by atoms with Crippen LogP contribution in [0.15, 0.2) is 30.7 Å². The second-order valence-corrected chi connectivity index (χ2v) is 3.85. The van der Waals surface area contributed by atoms with Gasteiger partial charge in [0.25, 0.3) is 0 Å². The molecule has 0 fully saturated rings. The average molecular weight is 262 g/mol. The number of pyridine rings is 1. The molecule has 0 saturated heterocycles. The van der Waals surface area contributed by atoms with Crippen molar-refractivity contribution in [3.63, 3.8) is 0 Å². The van der Waals surface area contributed by atoms with Gasteiger partial charge in [0.05, 0.1) is 30.6 Å². The minimum absolute atomic E-state index is 0.154. The number of carbonyl (C=O) groups is 1. The van der Waals surface area contributed by atoms with Gasteiger partial charge in [0.15, 0.2) is 0 Å². The number of carboxylic acid groups (broad SMARTS) is 1. The molecule has 100 valence electrons.